The average molecular weight is 319 g/mol. The van der Waals surface area contributed by atoms with Gasteiger partial charge in [0.15, 0.2) is 0 Å². The number of rotatable bonds is 6. The monoisotopic (exact) mass is 319 g/mol. The van der Waals surface area contributed by atoms with E-state index in [2.05, 4.69) is 29.1 Å². The summed E-state index contributed by atoms with van der Waals surface area (Å²) >= 11 is 1.62. The maximum Gasteiger partial charge on any atom is 0.354 e. The van der Waals surface area contributed by atoms with Crippen molar-refractivity contribution in [2.24, 2.45) is 0 Å². The summed E-state index contributed by atoms with van der Waals surface area (Å²) in [6.07, 6.45) is 1.96. The number of hydrogen-bond donors (Lipinski definition) is 2. The van der Waals surface area contributed by atoms with Gasteiger partial charge in [0.1, 0.15) is 5.69 Å². The Labute approximate surface area is 132 Å². The Kier molecular flexibility index (Phi) is 5.21. The molecule has 2 N–H and O–H groups in total. The molecule has 0 saturated heterocycles. The topological polar surface area (TPSA) is 92.2 Å². The van der Waals surface area contributed by atoms with Crippen LogP contribution in [-0.4, -0.2) is 33.5 Å². The molecule has 1 amide bonds. The number of aromatic carboxylic acids is 1. The van der Waals surface area contributed by atoms with E-state index >= 15 is 0 Å². The number of carboxylic acids is 1. The Balaban J connectivity index is 1.89. The van der Waals surface area contributed by atoms with Crippen molar-refractivity contribution in [1.29, 1.82) is 0 Å². The van der Waals surface area contributed by atoms with E-state index in [4.69, 9.17) is 5.11 Å². The van der Waals surface area contributed by atoms with Crippen LogP contribution in [0.5, 0.6) is 0 Å². The van der Waals surface area contributed by atoms with Gasteiger partial charge in [0.2, 0.25) is 0 Å². The molecular weight excluding hydrogens is 302 g/mol. The second kappa shape index (κ2) is 7.13. The molecule has 0 aromatic carbocycles. The van der Waals surface area contributed by atoms with Gasteiger partial charge in [-0.1, -0.05) is 13.8 Å². The van der Waals surface area contributed by atoms with Gasteiger partial charge in [0.25, 0.3) is 5.91 Å². The largest absolute Gasteiger partial charge is 0.477 e. The molecule has 22 heavy (non-hydrogen) atoms. The summed E-state index contributed by atoms with van der Waals surface area (Å²) in [4.78, 5) is 31.0. The minimum absolute atomic E-state index is 0.145. The summed E-state index contributed by atoms with van der Waals surface area (Å²) in [5.74, 6) is -1.07. The van der Waals surface area contributed by atoms with E-state index in [0.29, 0.717) is 18.9 Å². The van der Waals surface area contributed by atoms with Gasteiger partial charge in [-0.2, -0.15) is 0 Å². The van der Waals surface area contributed by atoms with Crippen LogP contribution in [0.25, 0.3) is 0 Å². The molecule has 0 radical (unpaired) electrons. The number of carboxylic acid groups (broad SMARTS) is 1. The third-order valence-corrected chi connectivity index (χ3v) is 4.17. The number of carbonyl (C=O) groups excluding carboxylic acids is 1. The first-order valence-electron chi connectivity index (χ1n) is 6.89. The van der Waals surface area contributed by atoms with Gasteiger partial charge in [-0.05, 0) is 12.1 Å². The van der Waals surface area contributed by atoms with Gasteiger partial charge in [0.05, 0.1) is 10.7 Å². The Morgan fingerprint density at radius 2 is 2.18 bits per heavy atom. The summed E-state index contributed by atoms with van der Waals surface area (Å²) in [6.45, 7) is 4.63. The van der Waals surface area contributed by atoms with Crippen molar-refractivity contribution in [3.05, 3.63) is 45.7 Å². The van der Waals surface area contributed by atoms with Crippen LogP contribution in [0, 0.1) is 0 Å². The molecule has 0 aliphatic heterocycles. The fraction of sp³-hybridized carbons (Fsp3) is 0.333. The first-order valence-corrected chi connectivity index (χ1v) is 7.77. The summed E-state index contributed by atoms with van der Waals surface area (Å²) in [5, 5.41) is 14.7. The molecule has 7 heteroatoms. The third-order valence-electron chi connectivity index (χ3n) is 2.97. The van der Waals surface area contributed by atoms with Gasteiger partial charge >= 0.3 is 5.97 Å². The van der Waals surface area contributed by atoms with Crippen molar-refractivity contribution in [2.75, 3.05) is 6.54 Å². The Morgan fingerprint density at radius 1 is 1.41 bits per heavy atom. The molecule has 116 valence electrons. The van der Waals surface area contributed by atoms with Crippen LogP contribution in [0.1, 0.15) is 51.3 Å². The summed E-state index contributed by atoms with van der Waals surface area (Å²) < 4.78 is 0. The molecule has 0 bridgehead atoms. The normalized spacial score (nSPS) is 10.7. The van der Waals surface area contributed by atoms with Crippen LogP contribution in [0.15, 0.2) is 23.7 Å². The predicted molar refractivity (Wildman–Crippen MR) is 83.4 cm³/mol. The Bertz CT molecular complexity index is 682. The molecule has 0 aliphatic rings. The zero-order valence-electron chi connectivity index (χ0n) is 12.4. The molecule has 0 aliphatic carbocycles. The van der Waals surface area contributed by atoms with Crippen molar-refractivity contribution in [1.82, 2.24) is 15.3 Å². The lowest BCUT2D eigenvalue weighted by Gasteiger charge is -2.04. The number of hydrogen-bond acceptors (Lipinski definition) is 5. The number of nitrogens with one attached hydrogen (secondary N) is 1. The van der Waals surface area contributed by atoms with Crippen molar-refractivity contribution < 1.29 is 14.7 Å². The minimum atomic E-state index is -1.15. The zero-order valence-corrected chi connectivity index (χ0v) is 13.2. The standard InChI is InChI=1S/C15H17N3O3S/c1-9(2)14-18-11(8-22-14)4-6-17-13(19)10-3-5-16-12(7-10)15(20)21/h3,5,7-9H,4,6H2,1-2H3,(H,17,19)(H,20,21). The highest BCUT2D eigenvalue weighted by Crippen LogP contribution is 2.19. The van der Waals surface area contributed by atoms with Gasteiger partial charge in [-0.3, -0.25) is 4.79 Å². The quantitative estimate of drug-likeness (QED) is 0.852. The molecule has 2 heterocycles. The predicted octanol–water partition coefficient (Wildman–Crippen LogP) is 2.33. The number of aromatic nitrogens is 2. The molecule has 6 nitrogen and oxygen atoms in total. The van der Waals surface area contributed by atoms with Crippen molar-refractivity contribution >= 4 is 23.2 Å². The van der Waals surface area contributed by atoms with Gasteiger partial charge in [-0.15, -0.1) is 11.3 Å². The van der Waals surface area contributed by atoms with E-state index in [1.807, 2.05) is 5.38 Å². The molecule has 0 atom stereocenters. The lowest BCUT2D eigenvalue weighted by molar-refractivity contribution is 0.0690. The van der Waals surface area contributed by atoms with Crippen molar-refractivity contribution in [2.45, 2.75) is 26.2 Å². The maximum atomic E-state index is 12.0. The number of nitrogens with zero attached hydrogens (tertiary/aromatic N) is 2. The fourth-order valence-corrected chi connectivity index (χ4v) is 2.67. The highest BCUT2D eigenvalue weighted by molar-refractivity contribution is 7.09. The molecule has 0 spiro atoms. The highest BCUT2D eigenvalue weighted by atomic mass is 32.1. The molecule has 0 fully saturated rings. The van der Waals surface area contributed by atoms with Crippen LogP contribution >= 0.6 is 11.3 Å². The maximum absolute atomic E-state index is 12.0. The number of carbonyl (C=O) groups is 2. The molecule has 0 unspecified atom stereocenters. The number of thiazole rings is 1. The van der Waals surface area contributed by atoms with Crippen LogP contribution in [0.2, 0.25) is 0 Å². The number of pyridine rings is 1. The average Bonchev–Trinajstić information content (AvgIpc) is 2.96. The van der Waals surface area contributed by atoms with Gasteiger partial charge < -0.3 is 10.4 Å². The molecule has 2 aromatic rings. The van der Waals surface area contributed by atoms with Crippen LogP contribution in [0.3, 0.4) is 0 Å². The highest BCUT2D eigenvalue weighted by Gasteiger charge is 2.11. The molecule has 2 rings (SSSR count). The lowest BCUT2D eigenvalue weighted by Crippen LogP contribution is -2.26. The summed E-state index contributed by atoms with van der Waals surface area (Å²) in [5.41, 5.74) is 1.09. The first-order chi connectivity index (χ1) is 10.5. The van der Waals surface area contributed by atoms with E-state index in [9.17, 15) is 9.59 Å². The fourth-order valence-electron chi connectivity index (χ4n) is 1.80. The van der Waals surface area contributed by atoms with Crippen LogP contribution in [-0.2, 0) is 6.42 Å². The second-order valence-corrected chi connectivity index (χ2v) is 5.96. The first kappa shape index (κ1) is 16.1. The Morgan fingerprint density at radius 3 is 2.82 bits per heavy atom. The second-order valence-electron chi connectivity index (χ2n) is 5.07. The zero-order chi connectivity index (χ0) is 16.1. The van der Waals surface area contributed by atoms with Gasteiger partial charge in [0, 0.05) is 36.0 Å². The SMILES string of the molecule is CC(C)c1nc(CCNC(=O)c2ccnc(C(=O)O)c2)cs1. The van der Waals surface area contributed by atoms with E-state index in [-0.39, 0.29) is 17.2 Å². The summed E-state index contributed by atoms with van der Waals surface area (Å²) in [6, 6.07) is 2.75. The molecule has 0 saturated carbocycles. The molecular formula is C15H17N3O3S. The number of amides is 1. The minimum Gasteiger partial charge on any atom is -0.477 e. The van der Waals surface area contributed by atoms with E-state index < -0.39 is 5.97 Å². The van der Waals surface area contributed by atoms with Crippen molar-refractivity contribution in [3.8, 4) is 0 Å². The van der Waals surface area contributed by atoms with E-state index in [0.717, 1.165) is 10.7 Å². The van der Waals surface area contributed by atoms with Crippen molar-refractivity contribution in [3.63, 3.8) is 0 Å². The van der Waals surface area contributed by atoms with Crippen LogP contribution in [0.4, 0.5) is 0 Å². The third kappa shape index (κ3) is 4.11. The van der Waals surface area contributed by atoms with E-state index in [1.54, 1.807) is 11.3 Å². The Hall–Kier alpha value is -2.28. The van der Waals surface area contributed by atoms with Crippen LogP contribution < -0.4 is 5.32 Å². The summed E-state index contributed by atoms with van der Waals surface area (Å²) in [7, 11) is 0. The smallest absolute Gasteiger partial charge is 0.354 e. The van der Waals surface area contributed by atoms with E-state index in [1.165, 1.54) is 18.3 Å². The van der Waals surface area contributed by atoms with Gasteiger partial charge in [-0.25, -0.2) is 14.8 Å². The lowest BCUT2D eigenvalue weighted by atomic mass is 10.2. The molecule has 2 aromatic heterocycles.